The van der Waals surface area contributed by atoms with Crippen LogP contribution < -0.4 is 0 Å². The second-order valence-electron chi connectivity index (χ2n) is 7.06. The van der Waals surface area contributed by atoms with Crippen molar-refractivity contribution in [2.24, 2.45) is 5.41 Å². The summed E-state index contributed by atoms with van der Waals surface area (Å²) in [6.07, 6.45) is 1.37. The third-order valence-corrected chi connectivity index (χ3v) is 5.15. The molecule has 0 saturated carbocycles. The van der Waals surface area contributed by atoms with Gasteiger partial charge in [-0.05, 0) is 17.4 Å². The fourth-order valence-corrected chi connectivity index (χ4v) is 4.86. The zero-order chi connectivity index (χ0) is 12.2. The van der Waals surface area contributed by atoms with Gasteiger partial charge >= 0.3 is 0 Å². The van der Waals surface area contributed by atoms with Gasteiger partial charge in [0.25, 0.3) is 0 Å². The maximum Gasteiger partial charge on any atom is 0.0213 e. The standard InChI is InChI=1S/C16H22N2/c1-15-9-16(14-5-3-2-4-6-14)12-17(10-15)7-8-18(11-15)13-16/h2-6H,7-13H2,1H3. The third-order valence-electron chi connectivity index (χ3n) is 5.15. The predicted molar refractivity (Wildman–Crippen MR) is 73.7 cm³/mol. The summed E-state index contributed by atoms with van der Waals surface area (Å²) >= 11 is 0. The third kappa shape index (κ3) is 1.55. The molecule has 4 fully saturated rings. The molecule has 18 heavy (non-hydrogen) atoms. The molecule has 4 aliphatic rings. The van der Waals surface area contributed by atoms with Crippen molar-refractivity contribution >= 4 is 0 Å². The topological polar surface area (TPSA) is 6.48 Å². The Labute approximate surface area is 110 Å². The van der Waals surface area contributed by atoms with Crippen LogP contribution in [-0.2, 0) is 5.41 Å². The van der Waals surface area contributed by atoms with Gasteiger partial charge in [0.15, 0.2) is 0 Å². The fourth-order valence-electron chi connectivity index (χ4n) is 4.86. The first-order valence-corrected chi connectivity index (χ1v) is 7.18. The molecule has 1 aromatic rings. The van der Waals surface area contributed by atoms with E-state index in [4.69, 9.17) is 0 Å². The molecule has 1 aromatic carbocycles. The van der Waals surface area contributed by atoms with Crippen molar-refractivity contribution in [1.82, 2.24) is 9.80 Å². The second kappa shape index (κ2) is 3.58. The summed E-state index contributed by atoms with van der Waals surface area (Å²) in [5.41, 5.74) is 2.46. The number of hydrogen-bond acceptors (Lipinski definition) is 2. The van der Waals surface area contributed by atoms with Crippen LogP contribution in [0.15, 0.2) is 30.3 Å². The zero-order valence-electron chi connectivity index (χ0n) is 11.2. The highest BCUT2D eigenvalue weighted by atomic mass is 15.3. The first-order chi connectivity index (χ1) is 8.68. The Morgan fingerprint density at radius 1 is 0.889 bits per heavy atom. The molecule has 0 spiro atoms. The molecular weight excluding hydrogens is 220 g/mol. The van der Waals surface area contributed by atoms with Crippen LogP contribution in [0.4, 0.5) is 0 Å². The van der Waals surface area contributed by atoms with Gasteiger partial charge < -0.3 is 9.80 Å². The van der Waals surface area contributed by atoms with Crippen molar-refractivity contribution in [2.75, 3.05) is 39.3 Å². The largest absolute Gasteiger partial charge is 0.301 e. The molecule has 2 heteroatoms. The lowest BCUT2D eigenvalue weighted by Crippen LogP contribution is -2.61. The van der Waals surface area contributed by atoms with E-state index in [0.717, 1.165) is 0 Å². The monoisotopic (exact) mass is 242 g/mol. The van der Waals surface area contributed by atoms with E-state index in [2.05, 4.69) is 47.1 Å². The van der Waals surface area contributed by atoms with E-state index >= 15 is 0 Å². The van der Waals surface area contributed by atoms with Crippen LogP contribution in [0.2, 0.25) is 0 Å². The van der Waals surface area contributed by atoms with E-state index in [1.54, 1.807) is 5.56 Å². The smallest absolute Gasteiger partial charge is 0.0213 e. The minimum absolute atomic E-state index is 0.392. The van der Waals surface area contributed by atoms with E-state index in [1.807, 2.05) is 0 Å². The van der Waals surface area contributed by atoms with Crippen molar-refractivity contribution < 1.29 is 0 Å². The van der Waals surface area contributed by atoms with Crippen molar-refractivity contribution in [2.45, 2.75) is 18.8 Å². The minimum Gasteiger partial charge on any atom is -0.301 e. The van der Waals surface area contributed by atoms with Gasteiger partial charge in [0.2, 0.25) is 0 Å². The average molecular weight is 242 g/mol. The van der Waals surface area contributed by atoms with E-state index < -0.39 is 0 Å². The van der Waals surface area contributed by atoms with Crippen molar-refractivity contribution in [3.8, 4) is 0 Å². The molecular formula is C16H22N2. The lowest BCUT2D eigenvalue weighted by Gasteiger charge is -2.55. The second-order valence-corrected chi connectivity index (χ2v) is 7.06. The molecule has 2 unspecified atom stereocenters. The molecule has 0 aliphatic carbocycles. The summed E-state index contributed by atoms with van der Waals surface area (Å²) in [4.78, 5) is 5.42. The number of fused-ring (bicyclic) bond motifs is 1. The van der Waals surface area contributed by atoms with Crippen LogP contribution >= 0.6 is 0 Å². The Balaban J connectivity index is 1.81. The van der Waals surface area contributed by atoms with E-state index in [0.29, 0.717) is 10.8 Å². The molecule has 4 aliphatic heterocycles. The highest BCUT2D eigenvalue weighted by Crippen LogP contribution is 2.48. The van der Waals surface area contributed by atoms with Crippen LogP contribution in [0.5, 0.6) is 0 Å². The Bertz CT molecular complexity index is 437. The maximum atomic E-state index is 2.71. The molecule has 0 radical (unpaired) electrons. The number of nitrogens with zero attached hydrogens (tertiary/aromatic N) is 2. The first-order valence-electron chi connectivity index (χ1n) is 7.18. The quantitative estimate of drug-likeness (QED) is 0.743. The lowest BCUT2D eigenvalue weighted by atomic mass is 9.62. The number of piperidine rings is 2. The van der Waals surface area contributed by atoms with E-state index in [-0.39, 0.29) is 0 Å². The van der Waals surface area contributed by atoms with Gasteiger partial charge in [0.05, 0.1) is 0 Å². The molecule has 0 amide bonds. The summed E-state index contributed by atoms with van der Waals surface area (Å²) in [5.74, 6) is 0. The van der Waals surface area contributed by atoms with Crippen LogP contribution in [-0.4, -0.2) is 49.1 Å². The Kier molecular flexibility index (Phi) is 2.19. The summed E-state index contributed by atoms with van der Waals surface area (Å²) in [7, 11) is 0. The Morgan fingerprint density at radius 3 is 2.11 bits per heavy atom. The van der Waals surface area contributed by atoms with Gasteiger partial charge in [0.1, 0.15) is 0 Å². The molecule has 5 rings (SSSR count). The van der Waals surface area contributed by atoms with Crippen molar-refractivity contribution in [3.05, 3.63) is 35.9 Å². The van der Waals surface area contributed by atoms with E-state index in [9.17, 15) is 0 Å². The van der Waals surface area contributed by atoms with Gasteiger partial charge in [-0.1, -0.05) is 37.3 Å². The molecule has 2 atom stereocenters. The molecule has 0 aromatic heterocycles. The molecule has 4 saturated heterocycles. The molecule has 2 nitrogen and oxygen atoms in total. The Morgan fingerprint density at radius 2 is 1.50 bits per heavy atom. The van der Waals surface area contributed by atoms with Crippen molar-refractivity contribution in [3.63, 3.8) is 0 Å². The molecule has 4 heterocycles. The normalized spacial score (nSPS) is 46.1. The van der Waals surface area contributed by atoms with Crippen LogP contribution in [0, 0.1) is 5.41 Å². The van der Waals surface area contributed by atoms with Gasteiger partial charge in [-0.25, -0.2) is 0 Å². The Hall–Kier alpha value is -0.860. The highest BCUT2D eigenvalue weighted by molar-refractivity contribution is 5.30. The number of hydrogen-bond donors (Lipinski definition) is 0. The summed E-state index contributed by atoms with van der Waals surface area (Å²) < 4.78 is 0. The summed E-state index contributed by atoms with van der Waals surface area (Å²) in [6, 6.07) is 11.2. The highest BCUT2D eigenvalue weighted by Gasteiger charge is 2.52. The predicted octanol–water partition coefficient (Wildman–Crippen LogP) is 1.97. The van der Waals surface area contributed by atoms with Gasteiger partial charge in [-0.15, -0.1) is 0 Å². The fraction of sp³-hybridized carbons (Fsp3) is 0.625. The average Bonchev–Trinajstić information content (AvgIpc) is 2.54. The SMILES string of the molecule is CC12CN3CCN(C1)CC(c1ccccc1)(C3)C2. The number of rotatable bonds is 1. The summed E-state index contributed by atoms with van der Waals surface area (Å²) in [5, 5.41) is 0. The molecule has 96 valence electrons. The first kappa shape index (κ1) is 11.0. The van der Waals surface area contributed by atoms with E-state index in [1.165, 1.54) is 45.7 Å². The lowest BCUT2D eigenvalue weighted by molar-refractivity contribution is -0.00325. The molecule has 4 bridgehead atoms. The maximum absolute atomic E-state index is 2.71. The van der Waals surface area contributed by atoms with Crippen LogP contribution in [0.25, 0.3) is 0 Å². The summed E-state index contributed by atoms with van der Waals surface area (Å²) in [6.45, 7) is 10.2. The van der Waals surface area contributed by atoms with Crippen LogP contribution in [0.1, 0.15) is 18.9 Å². The van der Waals surface area contributed by atoms with Gasteiger partial charge in [-0.3, -0.25) is 0 Å². The zero-order valence-corrected chi connectivity index (χ0v) is 11.2. The minimum atomic E-state index is 0.392. The van der Waals surface area contributed by atoms with Gasteiger partial charge in [-0.2, -0.15) is 0 Å². The molecule has 0 N–H and O–H groups in total. The van der Waals surface area contributed by atoms with Crippen LogP contribution in [0.3, 0.4) is 0 Å². The number of benzene rings is 1. The van der Waals surface area contributed by atoms with Gasteiger partial charge in [0, 0.05) is 44.7 Å². The van der Waals surface area contributed by atoms with Crippen molar-refractivity contribution in [1.29, 1.82) is 0 Å².